The molecule has 0 aromatic heterocycles. The average Bonchev–Trinajstić information content (AvgIpc) is 2.37. The largest absolute Gasteiger partial charge is 0.384 e. The summed E-state index contributed by atoms with van der Waals surface area (Å²) < 4.78 is 23.9. The minimum atomic E-state index is -3.11. The van der Waals surface area contributed by atoms with Crippen molar-refractivity contribution in [3.63, 3.8) is 0 Å². The summed E-state index contributed by atoms with van der Waals surface area (Å²) in [6, 6.07) is 7.02. The van der Waals surface area contributed by atoms with E-state index in [2.05, 4.69) is 25.4 Å². The summed E-state index contributed by atoms with van der Waals surface area (Å²) in [5.74, 6) is 0.208. The van der Waals surface area contributed by atoms with Crippen LogP contribution in [0.25, 0.3) is 0 Å². The Hall–Kier alpha value is -0.680. The molecule has 0 unspecified atom stereocenters. The molecule has 0 atom stereocenters. The minimum absolute atomic E-state index is 0.160. The van der Waals surface area contributed by atoms with E-state index in [0.29, 0.717) is 11.3 Å². The number of hydrogen-bond donors (Lipinski definition) is 1. The summed E-state index contributed by atoms with van der Waals surface area (Å²) in [6.45, 7) is 7.06. The number of thioether (sulfide) groups is 1. The molecule has 1 N–H and O–H groups in total. The molecular formula is C14H23NO2S2. The van der Waals surface area contributed by atoms with Gasteiger partial charge in [0.2, 0.25) is 0 Å². The first kappa shape index (κ1) is 16.4. The SMILES string of the molecule is CCCS(=O)(=O)c1ccc(NCC(C)(C)SC)cc1. The van der Waals surface area contributed by atoms with E-state index in [-0.39, 0.29) is 10.5 Å². The Bertz CT molecular complexity index is 493. The average molecular weight is 301 g/mol. The van der Waals surface area contributed by atoms with E-state index in [0.717, 1.165) is 12.2 Å². The summed E-state index contributed by atoms with van der Waals surface area (Å²) in [5, 5.41) is 3.33. The molecule has 0 aliphatic rings. The van der Waals surface area contributed by atoms with Crippen LogP contribution in [-0.4, -0.2) is 31.7 Å². The van der Waals surface area contributed by atoms with Gasteiger partial charge in [-0.25, -0.2) is 8.42 Å². The first-order valence-corrected chi connectivity index (χ1v) is 9.30. The van der Waals surface area contributed by atoms with E-state index >= 15 is 0 Å². The van der Waals surface area contributed by atoms with Crippen LogP contribution in [0.1, 0.15) is 27.2 Å². The Kier molecular flexibility index (Phi) is 5.74. The zero-order valence-electron chi connectivity index (χ0n) is 12.1. The van der Waals surface area contributed by atoms with Crippen molar-refractivity contribution < 1.29 is 8.42 Å². The molecule has 108 valence electrons. The molecule has 5 heteroatoms. The Morgan fingerprint density at radius 3 is 2.26 bits per heavy atom. The second-order valence-electron chi connectivity index (χ2n) is 5.16. The van der Waals surface area contributed by atoms with Crippen molar-refractivity contribution in [2.45, 2.75) is 36.8 Å². The summed E-state index contributed by atoms with van der Waals surface area (Å²) >= 11 is 1.80. The van der Waals surface area contributed by atoms with Gasteiger partial charge >= 0.3 is 0 Å². The first-order valence-electron chi connectivity index (χ1n) is 6.42. The number of nitrogens with one attached hydrogen (secondary N) is 1. The monoisotopic (exact) mass is 301 g/mol. The number of sulfone groups is 1. The fourth-order valence-corrected chi connectivity index (χ4v) is 3.09. The lowest BCUT2D eigenvalue weighted by Crippen LogP contribution is -2.25. The zero-order chi connectivity index (χ0) is 14.5. The van der Waals surface area contributed by atoms with E-state index in [1.807, 2.05) is 19.1 Å². The summed E-state index contributed by atoms with van der Waals surface area (Å²) in [6.07, 6.45) is 2.73. The van der Waals surface area contributed by atoms with Crippen molar-refractivity contribution in [3.05, 3.63) is 24.3 Å². The van der Waals surface area contributed by atoms with Crippen LogP contribution >= 0.6 is 11.8 Å². The normalized spacial score (nSPS) is 12.4. The molecule has 0 radical (unpaired) electrons. The van der Waals surface area contributed by atoms with Gasteiger partial charge in [-0.05, 0) is 50.8 Å². The molecule has 0 bridgehead atoms. The Labute approximate surface area is 121 Å². The summed E-state index contributed by atoms with van der Waals surface area (Å²) in [5.41, 5.74) is 0.956. The molecule has 1 rings (SSSR count). The van der Waals surface area contributed by atoms with Crippen LogP contribution in [0.3, 0.4) is 0 Å². The molecule has 0 fully saturated rings. The van der Waals surface area contributed by atoms with Gasteiger partial charge in [0.1, 0.15) is 0 Å². The van der Waals surface area contributed by atoms with Crippen molar-refractivity contribution in [2.24, 2.45) is 0 Å². The topological polar surface area (TPSA) is 46.2 Å². The molecule has 0 aliphatic heterocycles. The third-order valence-electron chi connectivity index (χ3n) is 2.96. The molecule has 19 heavy (non-hydrogen) atoms. The van der Waals surface area contributed by atoms with Crippen LogP contribution in [-0.2, 0) is 9.84 Å². The zero-order valence-corrected chi connectivity index (χ0v) is 13.7. The van der Waals surface area contributed by atoms with Gasteiger partial charge < -0.3 is 5.32 Å². The van der Waals surface area contributed by atoms with E-state index < -0.39 is 9.84 Å². The van der Waals surface area contributed by atoms with E-state index in [1.54, 1.807) is 23.9 Å². The molecule has 1 aromatic rings. The van der Waals surface area contributed by atoms with Gasteiger partial charge in [0, 0.05) is 17.0 Å². The molecule has 0 aliphatic carbocycles. The summed E-state index contributed by atoms with van der Waals surface area (Å²) in [7, 11) is -3.11. The predicted octanol–water partition coefficient (Wildman–Crippen LogP) is 3.42. The van der Waals surface area contributed by atoms with Crippen LogP contribution in [0.2, 0.25) is 0 Å². The van der Waals surface area contributed by atoms with Crippen LogP contribution < -0.4 is 5.32 Å². The maximum absolute atomic E-state index is 11.9. The Morgan fingerprint density at radius 2 is 1.79 bits per heavy atom. The first-order chi connectivity index (χ1) is 8.80. The highest BCUT2D eigenvalue weighted by Crippen LogP contribution is 2.22. The van der Waals surface area contributed by atoms with Crippen molar-refractivity contribution in [2.75, 3.05) is 23.9 Å². The van der Waals surface area contributed by atoms with Gasteiger partial charge in [-0.1, -0.05) is 6.92 Å². The lowest BCUT2D eigenvalue weighted by atomic mass is 10.2. The molecule has 3 nitrogen and oxygen atoms in total. The third kappa shape index (κ3) is 5.07. The highest BCUT2D eigenvalue weighted by molar-refractivity contribution is 7.99. The summed E-state index contributed by atoms with van der Waals surface area (Å²) in [4.78, 5) is 0.407. The maximum atomic E-state index is 11.9. The fourth-order valence-electron chi connectivity index (χ4n) is 1.55. The van der Waals surface area contributed by atoms with Gasteiger partial charge in [0.05, 0.1) is 10.6 Å². The lowest BCUT2D eigenvalue weighted by Gasteiger charge is -2.23. The van der Waals surface area contributed by atoms with Crippen LogP contribution in [0.5, 0.6) is 0 Å². The van der Waals surface area contributed by atoms with Crippen LogP contribution in [0.15, 0.2) is 29.2 Å². The van der Waals surface area contributed by atoms with Crippen LogP contribution in [0, 0.1) is 0 Å². The number of benzene rings is 1. The fraction of sp³-hybridized carbons (Fsp3) is 0.571. The standard InChI is InChI=1S/C14H23NO2S2/c1-5-10-19(16,17)13-8-6-12(7-9-13)15-11-14(2,3)18-4/h6-9,15H,5,10-11H2,1-4H3. The minimum Gasteiger partial charge on any atom is -0.384 e. The van der Waals surface area contributed by atoms with Gasteiger partial charge in [-0.2, -0.15) is 11.8 Å². The Balaban J connectivity index is 2.72. The second-order valence-corrected chi connectivity index (χ2v) is 8.78. The number of hydrogen-bond acceptors (Lipinski definition) is 4. The lowest BCUT2D eigenvalue weighted by molar-refractivity contribution is 0.594. The van der Waals surface area contributed by atoms with E-state index in [4.69, 9.17) is 0 Å². The van der Waals surface area contributed by atoms with E-state index in [9.17, 15) is 8.42 Å². The molecule has 0 amide bonds. The number of anilines is 1. The quantitative estimate of drug-likeness (QED) is 0.838. The molecule has 0 spiro atoms. The maximum Gasteiger partial charge on any atom is 0.178 e. The highest BCUT2D eigenvalue weighted by atomic mass is 32.2. The third-order valence-corrected chi connectivity index (χ3v) is 6.14. The van der Waals surface area contributed by atoms with Crippen molar-refractivity contribution in [3.8, 4) is 0 Å². The van der Waals surface area contributed by atoms with Crippen molar-refractivity contribution >= 4 is 27.3 Å². The van der Waals surface area contributed by atoms with Gasteiger partial charge in [-0.15, -0.1) is 0 Å². The number of rotatable bonds is 7. The Morgan fingerprint density at radius 1 is 1.21 bits per heavy atom. The molecule has 0 saturated heterocycles. The van der Waals surface area contributed by atoms with E-state index in [1.165, 1.54) is 0 Å². The van der Waals surface area contributed by atoms with Gasteiger partial charge in [0.15, 0.2) is 9.84 Å². The molecular weight excluding hydrogens is 278 g/mol. The smallest absolute Gasteiger partial charge is 0.178 e. The highest BCUT2D eigenvalue weighted by Gasteiger charge is 2.16. The van der Waals surface area contributed by atoms with Gasteiger partial charge in [0.25, 0.3) is 0 Å². The predicted molar refractivity (Wildman–Crippen MR) is 84.9 cm³/mol. The molecule has 0 heterocycles. The van der Waals surface area contributed by atoms with Crippen LogP contribution in [0.4, 0.5) is 5.69 Å². The van der Waals surface area contributed by atoms with Gasteiger partial charge in [-0.3, -0.25) is 0 Å². The van der Waals surface area contributed by atoms with Crippen molar-refractivity contribution in [1.29, 1.82) is 0 Å². The second kappa shape index (κ2) is 6.66. The molecule has 1 aromatic carbocycles. The molecule has 0 saturated carbocycles. The van der Waals surface area contributed by atoms with Crippen molar-refractivity contribution in [1.82, 2.24) is 0 Å².